The molecule has 132 valence electrons. The molecule has 2 aliphatic rings. The van der Waals surface area contributed by atoms with Crippen molar-refractivity contribution in [2.24, 2.45) is 4.99 Å². The molecule has 0 saturated carbocycles. The van der Waals surface area contributed by atoms with Gasteiger partial charge in [0.15, 0.2) is 5.75 Å². The minimum absolute atomic E-state index is 0. The molecule has 2 heterocycles. The zero-order valence-electron chi connectivity index (χ0n) is 21.5. The number of quaternary nitrogens is 1. The summed E-state index contributed by atoms with van der Waals surface area (Å²) in [4.78, 5) is 4.90. The van der Waals surface area contributed by atoms with Crippen LogP contribution in [0.15, 0.2) is 47.5 Å². The van der Waals surface area contributed by atoms with Gasteiger partial charge in [0, 0.05) is 5.02 Å². The van der Waals surface area contributed by atoms with Gasteiger partial charge in [0.05, 0.1) is 56.6 Å². The van der Waals surface area contributed by atoms with E-state index in [1.54, 1.807) is 30.3 Å². The Labute approximate surface area is 181 Å². The second-order valence-corrected chi connectivity index (χ2v) is 6.32. The van der Waals surface area contributed by atoms with Crippen molar-refractivity contribution < 1.29 is 44.2 Å². The largest absolute Gasteiger partial charge is 1.00 e. The van der Waals surface area contributed by atoms with Crippen LogP contribution in [0.2, 0.25) is 5.02 Å². The molecule has 2 aliphatic heterocycles. The van der Waals surface area contributed by atoms with E-state index >= 15 is 0 Å². The van der Waals surface area contributed by atoms with E-state index in [2.05, 4.69) is 4.99 Å². The summed E-state index contributed by atoms with van der Waals surface area (Å²) in [5, 5.41) is 0.242. The first-order valence-electron chi connectivity index (χ1n) is 11.4. The van der Waals surface area contributed by atoms with Gasteiger partial charge in [-0.05, 0) is 30.3 Å². The summed E-state index contributed by atoms with van der Waals surface area (Å²) in [6, 6.07) is 11.1. The van der Waals surface area contributed by atoms with E-state index < -0.39 is 30.5 Å². The molecule has 4 rings (SSSR count). The van der Waals surface area contributed by atoms with Crippen LogP contribution in [0.5, 0.6) is 11.5 Å². The highest BCUT2D eigenvalue weighted by molar-refractivity contribution is 6.31. The number of piperazine rings is 1. The minimum Gasteiger partial charge on any atom is -1.00 e. The van der Waals surface area contributed by atoms with Crippen LogP contribution in [0.3, 0.4) is 0 Å². The number of aliphatic imine (C=N–C) groups is 1. The van der Waals surface area contributed by atoms with Crippen molar-refractivity contribution in [3.8, 4) is 11.5 Å². The second kappa shape index (κ2) is 7.13. The Bertz CT molecular complexity index is 1110. The number of ether oxygens (including phenoxy) is 1. The summed E-state index contributed by atoms with van der Waals surface area (Å²) in [7, 11) is 2.26. The molecule has 0 amide bonds. The molecule has 1 saturated heterocycles. The number of benzene rings is 2. The molecule has 2 aromatic carbocycles. The van der Waals surface area contributed by atoms with Gasteiger partial charge in [-0.2, -0.15) is 0 Å². The zero-order chi connectivity index (χ0) is 23.9. The molecule has 0 bridgehead atoms. The summed E-state index contributed by atoms with van der Waals surface area (Å²) in [6.45, 7) is -11.8. The molecule has 0 radical (unpaired) electrons. The van der Waals surface area contributed by atoms with Crippen LogP contribution in [0.4, 0.5) is 5.69 Å². The van der Waals surface area contributed by atoms with Crippen LogP contribution in [-0.4, -0.2) is 55.3 Å². The van der Waals surface area contributed by atoms with Gasteiger partial charge in [-0.1, -0.05) is 23.7 Å². The fraction of sp³-hybridized carbons (Fsp3) is 0.316. The summed E-state index contributed by atoms with van der Waals surface area (Å²) < 4.78 is 73.7. The lowest BCUT2D eigenvalue weighted by Gasteiger charge is -2.40. The molecule has 0 unspecified atom stereocenters. The van der Waals surface area contributed by atoms with Gasteiger partial charge < -0.3 is 38.1 Å². The molecule has 0 aromatic heterocycles. The van der Waals surface area contributed by atoms with E-state index in [0.717, 1.165) is 14.1 Å². The molecule has 25 heavy (non-hydrogen) atoms. The lowest BCUT2D eigenvalue weighted by Crippen LogP contribution is -3.00. The van der Waals surface area contributed by atoms with Crippen molar-refractivity contribution in [2.45, 2.75) is 0 Å². The number of nitrogens with zero attached hydrogens (tertiary/aromatic N) is 3. The van der Waals surface area contributed by atoms with Gasteiger partial charge in [0.2, 0.25) is 0 Å². The summed E-state index contributed by atoms with van der Waals surface area (Å²) in [6.07, 6.45) is 0. The summed E-state index contributed by atoms with van der Waals surface area (Å²) in [5.74, 6) is 0.200. The van der Waals surface area contributed by atoms with Crippen LogP contribution in [-0.2, 0) is 0 Å². The third kappa shape index (κ3) is 3.78. The summed E-state index contributed by atoms with van der Waals surface area (Å²) >= 11 is 6.18. The topological polar surface area (TPSA) is 24.8 Å². The van der Waals surface area contributed by atoms with Crippen LogP contribution in [0.1, 0.15) is 16.5 Å². The van der Waals surface area contributed by atoms with E-state index in [0.29, 0.717) is 10.6 Å². The van der Waals surface area contributed by atoms with Gasteiger partial charge >= 0.3 is 0 Å². The third-order valence-electron chi connectivity index (χ3n) is 3.59. The van der Waals surface area contributed by atoms with Gasteiger partial charge in [0.1, 0.15) is 17.3 Å². The van der Waals surface area contributed by atoms with Crippen molar-refractivity contribution in [2.75, 3.05) is 40.1 Å². The second-order valence-electron chi connectivity index (χ2n) is 5.88. The molecular weight excluding hydrogens is 449 g/mol. The predicted octanol–water partition coefficient (Wildman–Crippen LogP) is 0.920. The highest BCUT2D eigenvalue weighted by Crippen LogP contribution is 2.38. The van der Waals surface area contributed by atoms with Gasteiger partial charge in [-0.3, -0.25) is 0 Å². The maximum Gasteiger partial charge on any atom is 0.153 e. The number of para-hydroxylation sites is 2. The zero-order valence-corrected chi connectivity index (χ0v) is 16.5. The van der Waals surface area contributed by atoms with Crippen LogP contribution < -0.4 is 28.7 Å². The Kier molecular flexibility index (Phi) is 3.07. The number of likely N-dealkylation sites (N-methyl/N-ethyl adjacent to an activating group) is 1. The number of halogens is 2. The monoisotopic (exact) mass is 477 g/mol. The molecule has 4 nitrogen and oxygen atoms in total. The maximum absolute atomic E-state index is 8.70. The quantitative estimate of drug-likeness (QED) is 0.416. The number of fused-ring (bicyclic) bond motifs is 2. The van der Waals surface area contributed by atoms with E-state index in [1.807, 2.05) is 0 Å². The van der Waals surface area contributed by atoms with E-state index in [1.165, 1.54) is 12.1 Å². The Morgan fingerprint density at radius 3 is 2.60 bits per heavy atom. The SMILES string of the molecule is [2H]C1([2H])N(C2=Nc3ccccc3Oc3ccc(Cl)cc32)C([2H])([2H])C([2H])([2H])[N+](C)(C)C1([2H])[2H].[I-]. The first kappa shape index (κ1) is 10.7. The maximum atomic E-state index is 8.70. The average molecular weight is 478 g/mol. The van der Waals surface area contributed by atoms with Gasteiger partial charge in [-0.25, -0.2) is 4.99 Å². The Morgan fingerprint density at radius 1 is 1.12 bits per heavy atom. The molecule has 2 aromatic rings. The fourth-order valence-corrected chi connectivity index (χ4v) is 2.55. The molecule has 0 spiro atoms. The van der Waals surface area contributed by atoms with Crippen LogP contribution in [0.25, 0.3) is 0 Å². The highest BCUT2D eigenvalue weighted by Gasteiger charge is 2.29. The molecular formula is C19H21ClIN3O. The molecule has 6 heteroatoms. The van der Waals surface area contributed by atoms with Crippen molar-refractivity contribution in [3.05, 3.63) is 53.1 Å². The number of amidine groups is 1. The minimum atomic E-state index is -3.02. The van der Waals surface area contributed by atoms with Crippen LogP contribution >= 0.6 is 11.6 Å². The van der Waals surface area contributed by atoms with Gasteiger partial charge in [0.25, 0.3) is 0 Å². The molecule has 0 aliphatic carbocycles. The molecule has 0 atom stereocenters. The predicted molar refractivity (Wildman–Crippen MR) is 97.6 cm³/mol. The number of hydrogen-bond donors (Lipinski definition) is 0. The average Bonchev–Trinajstić information content (AvgIpc) is 2.83. The normalized spacial score (nSPS) is 30.8. The summed E-state index contributed by atoms with van der Waals surface area (Å²) in [5.41, 5.74) is 0.363. The number of hydrogen-bond acceptors (Lipinski definition) is 3. The smallest absolute Gasteiger partial charge is 0.153 e. The van der Waals surface area contributed by atoms with Gasteiger partial charge in [-0.15, -0.1) is 0 Å². The molecule has 1 fully saturated rings. The first-order valence-corrected chi connectivity index (χ1v) is 7.75. The lowest BCUT2D eigenvalue weighted by molar-refractivity contribution is -0.894. The molecule has 0 N–H and O–H groups in total. The lowest BCUT2D eigenvalue weighted by atomic mass is 10.1. The van der Waals surface area contributed by atoms with Crippen molar-refractivity contribution in [3.63, 3.8) is 0 Å². The van der Waals surface area contributed by atoms with Crippen molar-refractivity contribution >= 4 is 23.1 Å². The Morgan fingerprint density at radius 2 is 1.84 bits per heavy atom. The first-order chi connectivity index (χ1) is 14.6. The Hall–Kier alpha value is -1.31. The van der Waals surface area contributed by atoms with Crippen molar-refractivity contribution in [1.82, 2.24) is 4.90 Å². The van der Waals surface area contributed by atoms with E-state index in [4.69, 9.17) is 27.3 Å². The third-order valence-corrected chi connectivity index (χ3v) is 3.82. The van der Waals surface area contributed by atoms with E-state index in [-0.39, 0.29) is 51.8 Å². The Balaban J connectivity index is 0.00000306. The standard InChI is InChI=1S/C19H21ClN3O.HI/c1-23(2)11-9-22(10-12-23)19-15-13-14(20)7-8-17(15)24-18-6-4-3-5-16(18)21-19;/h3-8,13H,9-12H2,1-2H3;1H/q+1;/p-1/i9D2,10D2,11D2,12D2;. The number of rotatable bonds is 0. The van der Waals surface area contributed by atoms with E-state index in [9.17, 15) is 0 Å². The van der Waals surface area contributed by atoms with Crippen LogP contribution in [0, 0.1) is 0 Å². The van der Waals surface area contributed by atoms with Crippen molar-refractivity contribution in [1.29, 1.82) is 0 Å². The highest BCUT2D eigenvalue weighted by atomic mass is 127. The fourth-order valence-electron chi connectivity index (χ4n) is 2.38.